The average Bonchev–Trinajstić information content (AvgIpc) is 2.89. The van der Waals surface area contributed by atoms with Crippen LogP contribution in [0.5, 0.6) is 0 Å². The van der Waals surface area contributed by atoms with Crippen molar-refractivity contribution in [2.24, 2.45) is 0 Å². The maximum absolute atomic E-state index is 15.1. The maximum atomic E-state index is 15.1. The molecule has 2 nitrogen and oxygen atoms in total. The quantitative estimate of drug-likeness (QED) is 0.195. The molecule has 0 unspecified atom stereocenters. The molecule has 4 aromatic carbocycles. The van der Waals surface area contributed by atoms with Gasteiger partial charge >= 0.3 is 215 Å². The minimum absolute atomic E-state index is 0.126. The van der Waals surface area contributed by atoms with Crippen LogP contribution in [0.4, 0.5) is 23.2 Å². The van der Waals surface area contributed by atoms with Crippen LogP contribution in [0.15, 0.2) is 103 Å². The fourth-order valence-electron chi connectivity index (χ4n) is 4.48. The zero-order chi connectivity index (χ0) is 26.0. The number of rotatable bonds is 6. The third-order valence-electron chi connectivity index (χ3n) is 6.33. The molecule has 0 aliphatic rings. The Hall–Kier alpha value is -3.02. The molecule has 1 N–H and O–H groups in total. The molecule has 4 aromatic rings. The fraction of sp³-hybridized carbons (Fsp3) is 0.107. The zero-order valence-electron chi connectivity index (χ0n) is 19.3. The van der Waals surface area contributed by atoms with Gasteiger partial charge in [-0.05, 0) is 0 Å². The molecule has 1 amide bonds. The number of hydrogen-bond acceptors (Lipinski definition) is 1. The standard InChI is InChI=1S/C28H23BrF4NOP/c1-20-17-18-25(30)26(34-27(35)28(31,32)33)24(20)19-36(29,21-11-5-2-6-12-21,22-13-7-3-8-14-22)23-15-9-4-10-16-23/h2-18H,19H2,1H3,(H,34,35). The van der Waals surface area contributed by atoms with Crippen molar-refractivity contribution in [2.75, 3.05) is 5.32 Å². The van der Waals surface area contributed by atoms with E-state index in [9.17, 15) is 18.0 Å². The fourth-order valence-corrected chi connectivity index (χ4v) is 12.2. The van der Waals surface area contributed by atoms with Crippen LogP contribution in [0, 0.1) is 12.7 Å². The van der Waals surface area contributed by atoms with Gasteiger partial charge in [-0.1, -0.05) is 0 Å². The van der Waals surface area contributed by atoms with Crippen molar-refractivity contribution in [3.05, 3.63) is 120 Å². The number of carbonyl (C=O) groups excluding carboxylic acids is 1. The molecule has 0 heterocycles. The molecule has 0 saturated heterocycles. The Morgan fingerprint density at radius 2 is 1.19 bits per heavy atom. The van der Waals surface area contributed by atoms with Crippen molar-refractivity contribution in [2.45, 2.75) is 19.3 Å². The van der Waals surface area contributed by atoms with Crippen molar-refractivity contribution in [1.82, 2.24) is 0 Å². The summed E-state index contributed by atoms with van der Waals surface area (Å²) in [5, 5.41) is 0.899. The van der Waals surface area contributed by atoms with Crippen molar-refractivity contribution in [3.8, 4) is 0 Å². The summed E-state index contributed by atoms with van der Waals surface area (Å²) in [4.78, 5) is 11.9. The molecule has 0 saturated carbocycles. The normalized spacial score (nSPS) is 13.0. The van der Waals surface area contributed by atoms with Gasteiger partial charge in [0.2, 0.25) is 0 Å². The average molecular weight is 576 g/mol. The molecular weight excluding hydrogens is 553 g/mol. The Balaban J connectivity index is 2.07. The minimum atomic E-state index is -5.16. The van der Waals surface area contributed by atoms with Gasteiger partial charge < -0.3 is 0 Å². The molecule has 186 valence electrons. The summed E-state index contributed by atoms with van der Waals surface area (Å²) < 4.78 is 54.6. The number of nitrogens with one attached hydrogen (secondary N) is 1. The van der Waals surface area contributed by atoms with Gasteiger partial charge in [-0.3, -0.25) is 0 Å². The first-order valence-electron chi connectivity index (χ1n) is 11.1. The number of alkyl halides is 3. The zero-order valence-corrected chi connectivity index (χ0v) is 21.7. The Bertz CT molecular complexity index is 1280. The SMILES string of the molecule is Cc1ccc(F)c(NC(=O)C(F)(F)F)c1CP(Br)(c1ccccc1)(c1ccccc1)c1ccccc1. The van der Waals surface area contributed by atoms with E-state index in [1.54, 1.807) is 6.92 Å². The van der Waals surface area contributed by atoms with E-state index in [4.69, 9.17) is 0 Å². The number of aryl methyl sites for hydroxylation is 1. The van der Waals surface area contributed by atoms with E-state index in [-0.39, 0.29) is 6.16 Å². The molecule has 0 atom stereocenters. The monoisotopic (exact) mass is 575 g/mol. The van der Waals surface area contributed by atoms with E-state index in [1.165, 1.54) is 6.07 Å². The van der Waals surface area contributed by atoms with Gasteiger partial charge in [-0.25, -0.2) is 0 Å². The number of anilines is 1. The number of amides is 1. The van der Waals surface area contributed by atoms with Gasteiger partial charge in [0.05, 0.1) is 0 Å². The van der Waals surface area contributed by atoms with Crippen molar-refractivity contribution in [1.29, 1.82) is 0 Å². The molecule has 0 aliphatic heterocycles. The molecule has 0 fully saturated rings. The predicted octanol–water partition coefficient (Wildman–Crippen LogP) is 6.97. The molecule has 0 aliphatic carbocycles. The van der Waals surface area contributed by atoms with Crippen LogP contribution in [-0.4, -0.2) is 12.1 Å². The Morgan fingerprint density at radius 1 is 0.778 bits per heavy atom. The van der Waals surface area contributed by atoms with Crippen LogP contribution < -0.4 is 21.2 Å². The van der Waals surface area contributed by atoms with Crippen LogP contribution in [0.2, 0.25) is 0 Å². The number of hydrogen-bond donors (Lipinski definition) is 1. The molecule has 0 bridgehead atoms. The summed E-state index contributed by atoms with van der Waals surface area (Å²) in [6, 6.07) is 31.4. The summed E-state index contributed by atoms with van der Waals surface area (Å²) in [7, 11) is 0. The molecule has 0 radical (unpaired) electrons. The van der Waals surface area contributed by atoms with E-state index in [0.717, 1.165) is 22.0 Å². The van der Waals surface area contributed by atoms with Gasteiger partial charge in [0.15, 0.2) is 0 Å². The summed E-state index contributed by atoms with van der Waals surface area (Å²) in [5.41, 5.74) is 0.386. The summed E-state index contributed by atoms with van der Waals surface area (Å²) in [6.45, 7) is 1.70. The molecule has 36 heavy (non-hydrogen) atoms. The van der Waals surface area contributed by atoms with Crippen molar-refractivity contribution < 1.29 is 22.4 Å². The Kier molecular flexibility index (Phi) is 7.09. The third kappa shape index (κ3) is 4.58. The first-order chi connectivity index (χ1) is 17.0. The number of halogens is 5. The van der Waals surface area contributed by atoms with E-state index in [1.807, 2.05) is 96.3 Å². The van der Waals surface area contributed by atoms with E-state index in [0.29, 0.717) is 11.1 Å². The molecular formula is C28H23BrF4NOP. The van der Waals surface area contributed by atoms with E-state index >= 15 is 4.39 Å². The van der Waals surface area contributed by atoms with E-state index in [2.05, 4.69) is 15.5 Å². The Morgan fingerprint density at radius 3 is 1.58 bits per heavy atom. The van der Waals surface area contributed by atoms with E-state index < -0.39 is 28.9 Å². The van der Waals surface area contributed by atoms with Crippen LogP contribution in [0.1, 0.15) is 11.1 Å². The van der Waals surface area contributed by atoms with Gasteiger partial charge in [0.25, 0.3) is 0 Å². The van der Waals surface area contributed by atoms with Crippen LogP contribution in [0.25, 0.3) is 0 Å². The molecule has 0 spiro atoms. The number of carbonyl (C=O) groups is 1. The topological polar surface area (TPSA) is 29.1 Å². The molecule has 4 rings (SSSR count). The second kappa shape index (κ2) is 9.79. The number of benzene rings is 4. The summed E-state index contributed by atoms with van der Waals surface area (Å²) >= 11 is 4.23. The second-order valence-corrected chi connectivity index (χ2v) is 17.4. The second-order valence-electron chi connectivity index (χ2n) is 8.52. The van der Waals surface area contributed by atoms with Crippen LogP contribution >= 0.6 is 20.8 Å². The van der Waals surface area contributed by atoms with Gasteiger partial charge in [0, 0.05) is 0 Å². The predicted molar refractivity (Wildman–Crippen MR) is 144 cm³/mol. The van der Waals surface area contributed by atoms with Gasteiger partial charge in [-0.15, -0.1) is 0 Å². The van der Waals surface area contributed by atoms with Crippen LogP contribution in [-0.2, 0) is 11.0 Å². The van der Waals surface area contributed by atoms with Crippen LogP contribution in [0.3, 0.4) is 0 Å². The third-order valence-corrected chi connectivity index (χ3v) is 15.8. The summed E-state index contributed by atoms with van der Waals surface area (Å²) in [6.07, 6.45) is -5.04. The first-order valence-corrected chi connectivity index (χ1v) is 15.6. The van der Waals surface area contributed by atoms with Crippen molar-refractivity contribution >= 4 is 48.3 Å². The first kappa shape index (κ1) is 26.1. The molecule has 0 aromatic heterocycles. The Labute approximate surface area is 215 Å². The molecule has 8 heteroatoms. The summed E-state index contributed by atoms with van der Waals surface area (Å²) in [5.74, 6) is -3.15. The van der Waals surface area contributed by atoms with Gasteiger partial charge in [-0.2, -0.15) is 0 Å². The van der Waals surface area contributed by atoms with Gasteiger partial charge in [0.1, 0.15) is 0 Å². The van der Waals surface area contributed by atoms with Crippen molar-refractivity contribution in [3.63, 3.8) is 0 Å².